The van der Waals surface area contributed by atoms with E-state index >= 15 is 0 Å². The number of rotatable bonds is 34. The van der Waals surface area contributed by atoms with Gasteiger partial charge < -0.3 is 40.3 Å². The van der Waals surface area contributed by atoms with E-state index in [1.807, 2.05) is 0 Å². The number of unbranched alkanes of at least 4 members (excludes halogenated alkanes) is 24. The first-order chi connectivity index (χ1) is 23.8. The number of aliphatic hydroxyl groups is 5. The molecule has 0 aromatic carbocycles. The van der Waals surface area contributed by atoms with Crippen molar-refractivity contribution in [1.29, 1.82) is 0 Å². The Morgan fingerprint density at radius 2 is 1.02 bits per heavy atom. The number of ether oxygens (including phenoxy) is 2. The van der Waals surface area contributed by atoms with Crippen LogP contribution in [0.15, 0.2) is 0 Å². The molecule has 1 rings (SSSR count). The summed E-state index contributed by atoms with van der Waals surface area (Å²) >= 11 is 0. The van der Waals surface area contributed by atoms with Gasteiger partial charge in [0.25, 0.3) is 0 Å². The summed E-state index contributed by atoms with van der Waals surface area (Å²) in [7, 11) is 0. The van der Waals surface area contributed by atoms with Gasteiger partial charge in [0.05, 0.1) is 25.4 Å². The van der Waals surface area contributed by atoms with Gasteiger partial charge in [-0.2, -0.15) is 0 Å². The molecular formula is C40H79NO8. The van der Waals surface area contributed by atoms with Gasteiger partial charge in [-0.1, -0.05) is 174 Å². The third-order valence-corrected chi connectivity index (χ3v) is 10.2. The summed E-state index contributed by atoms with van der Waals surface area (Å²) < 4.78 is 11.2. The fraction of sp³-hybridized carbons (Fsp3) is 0.975. The minimum Gasteiger partial charge on any atom is -0.394 e. The maximum Gasteiger partial charge on any atom is 0.220 e. The smallest absolute Gasteiger partial charge is 0.220 e. The van der Waals surface area contributed by atoms with E-state index < -0.39 is 49.5 Å². The Labute approximate surface area is 300 Å². The zero-order chi connectivity index (χ0) is 36.0. The fourth-order valence-electron chi connectivity index (χ4n) is 6.81. The van der Waals surface area contributed by atoms with Crippen LogP contribution in [0.5, 0.6) is 0 Å². The number of carbonyl (C=O) groups is 1. The number of nitrogens with one attached hydrogen (secondary N) is 1. The van der Waals surface area contributed by atoms with Gasteiger partial charge >= 0.3 is 0 Å². The van der Waals surface area contributed by atoms with E-state index in [2.05, 4.69) is 19.2 Å². The second-order valence-corrected chi connectivity index (χ2v) is 14.8. The number of hydrogen-bond donors (Lipinski definition) is 6. The van der Waals surface area contributed by atoms with Crippen molar-refractivity contribution in [3.8, 4) is 0 Å². The normalized spacial score (nSPS) is 22.3. The minimum atomic E-state index is -1.55. The highest BCUT2D eigenvalue weighted by Gasteiger charge is 2.44. The maximum absolute atomic E-state index is 12.9. The lowest BCUT2D eigenvalue weighted by Crippen LogP contribution is -2.60. The van der Waals surface area contributed by atoms with Crippen LogP contribution in [0.25, 0.3) is 0 Å². The van der Waals surface area contributed by atoms with Crippen molar-refractivity contribution in [3.63, 3.8) is 0 Å². The van der Waals surface area contributed by atoms with Crippen LogP contribution in [0.3, 0.4) is 0 Å². The Morgan fingerprint density at radius 1 is 0.612 bits per heavy atom. The van der Waals surface area contributed by atoms with Crippen LogP contribution in [0.1, 0.15) is 194 Å². The van der Waals surface area contributed by atoms with Gasteiger partial charge in [0, 0.05) is 6.42 Å². The molecule has 1 fully saturated rings. The summed E-state index contributed by atoms with van der Waals surface area (Å²) in [6, 6.07) is -0.709. The second kappa shape index (κ2) is 31.9. The Kier molecular flexibility index (Phi) is 30.1. The van der Waals surface area contributed by atoms with Crippen molar-refractivity contribution < 1.29 is 39.8 Å². The van der Waals surface area contributed by atoms with Gasteiger partial charge in [-0.3, -0.25) is 4.79 Å². The molecule has 0 aliphatic carbocycles. The summed E-state index contributed by atoms with van der Waals surface area (Å²) in [5.41, 5.74) is 0. The third kappa shape index (κ3) is 23.4. The van der Waals surface area contributed by atoms with E-state index in [1.54, 1.807) is 0 Å². The molecule has 292 valence electrons. The van der Waals surface area contributed by atoms with Crippen molar-refractivity contribution in [2.45, 2.75) is 236 Å². The lowest BCUT2D eigenvalue weighted by Gasteiger charge is -2.40. The maximum atomic E-state index is 12.9. The molecule has 0 saturated carbocycles. The quantitative estimate of drug-likeness (QED) is 0.0376. The van der Waals surface area contributed by atoms with Crippen LogP contribution < -0.4 is 5.32 Å². The summed E-state index contributed by atoms with van der Waals surface area (Å²) in [4.78, 5) is 12.9. The van der Waals surface area contributed by atoms with Crippen LogP contribution in [0, 0.1) is 0 Å². The molecule has 1 saturated heterocycles. The molecule has 0 radical (unpaired) electrons. The molecule has 7 unspecified atom stereocenters. The highest BCUT2D eigenvalue weighted by Crippen LogP contribution is 2.23. The topological polar surface area (TPSA) is 149 Å². The molecule has 1 heterocycles. The number of hydrogen-bond acceptors (Lipinski definition) is 8. The van der Waals surface area contributed by atoms with E-state index in [0.29, 0.717) is 12.8 Å². The molecule has 7 atom stereocenters. The Bertz CT molecular complexity index is 741. The SMILES string of the molecule is CCCCCCCCCCCCCCCCCC(=O)NC(COC1OC(CO)C(O)C(O)C1O)C(O)CCCCCCCCCCCCC. The molecule has 49 heavy (non-hydrogen) atoms. The lowest BCUT2D eigenvalue weighted by molar-refractivity contribution is -0.302. The molecular weight excluding hydrogens is 622 g/mol. The van der Waals surface area contributed by atoms with Gasteiger partial charge in [0.15, 0.2) is 6.29 Å². The molecule has 0 spiro atoms. The van der Waals surface area contributed by atoms with E-state index in [4.69, 9.17) is 9.47 Å². The van der Waals surface area contributed by atoms with E-state index in [-0.39, 0.29) is 12.5 Å². The standard InChI is InChI=1S/C40H79NO8/c1-3-5-7-9-11-13-15-16-17-18-20-22-24-26-28-30-36(44)41-33(32-48-40-39(47)38(46)37(45)35(31-42)49-40)34(43)29-27-25-23-21-19-14-12-10-8-6-4-2/h33-35,37-40,42-43,45-47H,3-32H2,1-2H3,(H,41,44). The van der Waals surface area contributed by atoms with Crippen molar-refractivity contribution in [3.05, 3.63) is 0 Å². The Balaban J connectivity index is 2.36. The van der Waals surface area contributed by atoms with E-state index in [1.165, 1.54) is 128 Å². The molecule has 0 aromatic rings. The third-order valence-electron chi connectivity index (χ3n) is 10.2. The van der Waals surface area contributed by atoms with Gasteiger partial charge in [-0.05, 0) is 12.8 Å². The summed E-state index contributed by atoms with van der Waals surface area (Å²) in [6.45, 7) is 3.82. The number of carbonyl (C=O) groups excluding carboxylic acids is 1. The molecule has 1 aliphatic rings. The lowest BCUT2D eigenvalue weighted by atomic mass is 9.99. The molecule has 6 N–H and O–H groups in total. The first kappa shape index (κ1) is 46.2. The monoisotopic (exact) mass is 702 g/mol. The van der Waals surface area contributed by atoms with Crippen LogP contribution in [0.2, 0.25) is 0 Å². The second-order valence-electron chi connectivity index (χ2n) is 14.8. The van der Waals surface area contributed by atoms with E-state index in [0.717, 1.165) is 38.5 Å². The first-order valence-corrected chi connectivity index (χ1v) is 20.7. The minimum absolute atomic E-state index is 0.132. The molecule has 0 aromatic heterocycles. The summed E-state index contributed by atoms with van der Waals surface area (Å²) in [5, 5.41) is 54.1. The summed E-state index contributed by atoms with van der Waals surface area (Å²) in [6.07, 6.45) is 25.3. The van der Waals surface area contributed by atoms with Crippen LogP contribution in [-0.4, -0.2) is 87.5 Å². The highest BCUT2D eigenvalue weighted by molar-refractivity contribution is 5.76. The number of aliphatic hydroxyl groups excluding tert-OH is 5. The van der Waals surface area contributed by atoms with Crippen LogP contribution in [0.4, 0.5) is 0 Å². The molecule has 1 aliphatic heterocycles. The van der Waals surface area contributed by atoms with Gasteiger partial charge in [0.2, 0.25) is 5.91 Å². The Morgan fingerprint density at radius 3 is 1.45 bits per heavy atom. The fourth-order valence-corrected chi connectivity index (χ4v) is 6.81. The predicted molar refractivity (Wildman–Crippen MR) is 198 cm³/mol. The van der Waals surface area contributed by atoms with Crippen molar-refractivity contribution in [2.75, 3.05) is 13.2 Å². The van der Waals surface area contributed by atoms with E-state index in [9.17, 15) is 30.3 Å². The highest BCUT2D eigenvalue weighted by atomic mass is 16.7. The van der Waals surface area contributed by atoms with Crippen LogP contribution in [-0.2, 0) is 14.3 Å². The zero-order valence-corrected chi connectivity index (χ0v) is 31.7. The van der Waals surface area contributed by atoms with Gasteiger partial charge in [-0.15, -0.1) is 0 Å². The molecule has 9 nitrogen and oxygen atoms in total. The largest absolute Gasteiger partial charge is 0.394 e. The van der Waals surface area contributed by atoms with Crippen LogP contribution >= 0.6 is 0 Å². The first-order valence-electron chi connectivity index (χ1n) is 20.7. The average Bonchev–Trinajstić information content (AvgIpc) is 3.10. The summed E-state index contributed by atoms with van der Waals surface area (Å²) in [5.74, 6) is -0.143. The van der Waals surface area contributed by atoms with Crippen molar-refractivity contribution in [1.82, 2.24) is 5.32 Å². The number of amides is 1. The zero-order valence-electron chi connectivity index (χ0n) is 31.7. The molecule has 0 bridgehead atoms. The van der Waals surface area contributed by atoms with Gasteiger partial charge in [-0.25, -0.2) is 0 Å². The predicted octanol–water partition coefficient (Wildman–Crippen LogP) is 7.61. The average molecular weight is 702 g/mol. The molecule has 9 heteroatoms. The van der Waals surface area contributed by atoms with Crippen molar-refractivity contribution in [2.24, 2.45) is 0 Å². The van der Waals surface area contributed by atoms with Crippen molar-refractivity contribution >= 4 is 5.91 Å². The Hall–Kier alpha value is -0.810. The van der Waals surface area contributed by atoms with Gasteiger partial charge in [0.1, 0.15) is 24.4 Å². The molecule has 1 amide bonds.